The van der Waals surface area contributed by atoms with Gasteiger partial charge in [0.25, 0.3) is 0 Å². The lowest BCUT2D eigenvalue weighted by molar-refractivity contribution is 0.111. The van der Waals surface area contributed by atoms with Gasteiger partial charge in [0.2, 0.25) is 0 Å². The predicted molar refractivity (Wildman–Crippen MR) is 74.9 cm³/mol. The molecule has 0 aromatic carbocycles. The summed E-state index contributed by atoms with van der Waals surface area (Å²) in [5, 5.41) is 3.08. The molecule has 2 heterocycles. The van der Waals surface area contributed by atoms with Crippen molar-refractivity contribution in [3.63, 3.8) is 0 Å². The van der Waals surface area contributed by atoms with Crippen molar-refractivity contribution in [2.75, 3.05) is 0 Å². The molecule has 4 nitrogen and oxygen atoms in total. The summed E-state index contributed by atoms with van der Waals surface area (Å²) in [5.41, 5.74) is 2.01. The number of aryl methyl sites for hydroxylation is 1. The van der Waals surface area contributed by atoms with E-state index in [1.807, 2.05) is 18.4 Å². The van der Waals surface area contributed by atoms with Crippen LogP contribution in [0.3, 0.4) is 0 Å². The first-order chi connectivity index (χ1) is 9.10. The van der Waals surface area contributed by atoms with Crippen molar-refractivity contribution in [2.24, 2.45) is 0 Å². The van der Waals surface area contributed by atoms with Crippen molar-refractivity contribution in [2.45, 2.75) is 33.3 Å². The highest BCUT2D eigenvalue weighted by Crippen LogP contribution is 2.21. The van der Waals surface area contributed by atoms with E-state index >= 15 is 0 Å². The molecule has 0 aliphatic carbocycles. The Hall–Kier alpha value is -1.75. The molecule has 2 aromatic rings. The van der Waals surface area contributed by atoms with Gasteiger partial charge in [-0.15, -0.1) is 11.3 Å². The average molecular weight is 276 g/mol. The third-order valence-electron chi connectivity index (χ3n) is 2.58. The van der Waals surface area contributed by atoms with E-state index in [0.29, 0.717) is 30.3 Å². The van der Waals surface area contributed by atoms with Crippen molar-refractivity contribution in [3.8, 4) is 5.75 Å². The zero-order chi connectivity index (χ0) is 13.8. The van der Waals surface area contributed by atoms with E-state index in [2.05, 4.69) is 23.8 Å². The number of aldehydes is 1. The summed E-state index contributed by atoms with van der Waals surface area (Å²) in [6.07, 6.45) is 0.711. The lowest BCUT2D eigenvalue weighted by Crippen LogP contribution is -2.01. The third-order valence-corrected chi connectivity index (χ3v) is 3.77. The molecule has 0 aliphatic rings. The molecule has 0 radical (unpaired) electrons. The number of hydrogen-bond donors (Lipinski definition) is 0. The van der Waals surface area contributed by atoms with Crippen molar-refractivity contribution >= 4 is 17.6 Å². The van der Waals surface area contributed by atoms with E-state index in [0.717, 1.165) is 16.4 Å². The van der Waals surface area contributed by atoms with Crippen LogP contribution in [0.25, 0.3) is 0 Å². The van der Waals surface area contributed by atoms with Gasteiger partial charge in [-0.2, -0.15) is 0 Å². The summed E-state index contributed by atoms with van der Waals surface area (Å²) in [5.74, 6) is 0.921. The monoisotopic (exact) mass is 276 g/mol. The Morgan fingerprint density at radius 2 is 2.16 bits per heavy atom. The lowest BCUT2D eigenvalue weighted by Gasteiger charge is -2.06. The Kier molecular flexibility index (Phi) is 4.27. The smallest absolute Gasteiger partial charge is 0.172 e. The Bertz CT molecular complexity index is 579. The molecule has 0 aliphatic heterocycles. The summed E-state index contributed by atoms with van der Waals surface area (Å²) in [7, 11) is 0. The molecule has 5 heteroatoms. The highest BCUT2D eigenvalue weighted by molar-refractivity contribution is 7.09. The van der Waals surface area contributed by atoms with Crippen LogP contribution in [0, 0.1) is 6.92 Å². The molecular weight excluding hydrogens is 260 g/mol. The highest BCUT2D eigenvalue weighted by atomic mass is 32.1. The number of carbonyl (C=O) groups excluding carboxylic acids is 1. The minimum absolute atomic E-state index is 0.333. The molecule has 0 saturated carbocycles. The molecular formula is C14H16N2O2S. The van der Waals surface area contributed by atoms with Crippen LogP contribution in [-0.4, -0.2) is 16.3 Å². The molecule has 0 amide bonds. The number of nitrogens with zero attached hydrogens (tertiary/aromatic N) is 2. The van der Waals surface area contributed by atoms with Crippen LogP contribution in [0.15, 0.2) is 17.5 Å². The second kappa shape index (κ2) is 5.93. The first-order valence-electron chi connectivity index (χ1n) is 6.10. The number of pyridine rings is 1. The third kappa shape index (κ3) is 3.38. The number of aromatic nitrogens is 2. The van der Waals surface area contributed by atoms with Gasteiger partial charge >= 0.3 is 0 Å². The van der Waals surface area contributed by atoms with E-state index in [1.54, 1.807) is 17.4 Å². The Morgan fingerprint density at radius 1 is 1.37 bits per heavy atom. The van der Waals surface area contributed by atoms with Crippen LogP contribution >= 0.6 is 11.3 Å². The van der Waals surface area contributed by atoms with E-state index in [9.17, 15) is 4.79 Å². The van der Waals surface area contributed by atoms with Crippen LogP contribution in [0.5, 0.6) is 5.75 Å². The Balaban J connectivity index is 2.07. The van der Waals surface area contributed by atoms with Gasteiger partial charge in [-0.1, -0.05) is 13.8 Å². The standard InChI is InChI=1S/C14H16N2O2S/c1-9(2)14-16-11(8-19-14)7-18-13-5-4-10(3)15-12(13)6-17/h4-6,8-9H,7H2,1-3H3. The second-order valence-electron chi connectivity index (χ2n) is 4.57. The molecule has 0 fully saturated rings. The van der Waals surface area contributed by atoms with Gasteiger partial charge in [0.05, 0.1) is 10.7 Å². The van der Waals surface area contributed by atoms with Crippen LogP contribution in [0.1, 0.15) is 46.6 Å². The minimum atomic E-state index is 0.333. The summed E-state index contributed by atoms with van der Waals surface area (Å²) in [6.45, 7) is 6.41. The van der Waals surface area contributed by atoms with Gasteiger partial charge < -0.3 is 4.74 Å². The van der Waals surface area contributed by atoms with E-state index in [4.69, 9.17) is 4.74 Å². The average Bonchev–Trinajstić information content (AvgIpc) is 2.86. The van der Waals surface area contributed by atoms with Gasteiger partial charge in [0.15, 0.2) is 6.29 Å². The van der Waals surface area contributed by atoms with E-state index < -0.39 is 0 Å². The number of rotatable bonds is 5. The molecule has 19 heavy (non-hydrogen) atoms. The van der Waals surface area contributed by atoms with Gasteiger partial charge in [0.1, 0.15) is 18.1 Å². The molecule has 0 N–H and O–H groups in total. The summed E-state index contributed by atoms with van der Waals surface area (Å²) in [6, 6.07) is 3.59. The van der Waals surface area contributed by atoms with Crippen molar-refractivity contribution < 1.29 is 9.53 Å². The van der Waals surface area contributed by atoms with Crippen molar-refractivity contribution in [1.29, 1.82) is 0 Å². The van der Waals surface area contributed by atoms with Gasteiger partial charge in [-0.3, -0.25) is 4.79 Å². The quantitative estimate of drug-likeness (QED) is 0.786. The summed E-state index contributed by atoms with van der Waals surface area (Å²) >= 11 is 1.63. The fourth-order valence-corrected chi connectivity index (χ4v) is 2.40. The fourth-order valence-electron chi connectivity index (χ4n) is 1.58. The van der Waals surface area contributed by atoms with Gasteiger partial charge in [0, 0.05) is 17.0 Å². The maximum absolute atomic E-state index is 10.9. The minimum Gasteiger partial charge on any atom is -0.485 e. The molecule has 2 rings (SSSR count). The SMILES string of the molecule is Cc1ccc(OCc2csc(C(C)C)n2)c(C=O)n1. The maximum Gasteiger partial charge on any atom is 0.172 e. The molecule has 100 valence electrons. The Labute approximate surface area is 116 Å². The first kappa shape index (κ1) is 13.7. The topological polar surface area (TPSA) is 52.1 Å². The molecule has 0 atom stereocenters. The normalized spacial score (nSPS) is 10.7. The molecule has 0 unspecified atom stereocenters. The van der Waals surface area contributed by atoms with E-state index in [-0.39, 0.29) is 0 Å². The van der Waals surface area contributed by atoms with Crippen LogP contribution in [0.4, 0.5) is 0 Å². The highest BCUT2D eigenvalue weighted by Gasteiger charge is 2.08. The largest absolute Gasteiger partial charge is 0.485 e. The Morgan fingerprint density at radius 3 is 2.79 bits per heavy atom. The molecule has 0 bridgehead atoms. The molecule has 0 saturated heterocycles. The molecule has 2 aromatic heterocycles. The maximum atomic E-state index is 10.9. The summed E-state index contributed by atoms with van der Waals surface area (Å²) < 4.78 is 5.61. The number of ether oxygens (including phenoxy) is 1. The number of carbonyl (C=O) groups is 1. The zero-order valence-corrected chi connectivity index (χ0v) is 12.0. The van der Waals surface area contributed by atoms with Crippen LogP contribution < -0.4 is 4.74 Å². The van der Waals surface area contributed by atoms with Gasteiger partial charge in [-0.25, -0.2) is 9.97 Å². The van der Waals surface area contributed by atoms with E-state index in [1.165, 1.54) is 0 Å². The summed E-state index contributed by atoms with van der Waals surface area (Å²) in [4.78, 5) is 19.5. The fraction of sp³-hybridized carbons (Fsp3) is 0.357. The second-order valence-corrected chi connectivity index (χ2v) is 5.46. The van der Waals surface area contributed by atoms with Crippen molar-refractivity contribution in [1.82, 2.24) is 9.97 Å². The van der Waals surface area contributed by atoms with Crippen LogP contribution in [0.2, 0.25) is 0 Å². The number of hydrogen-bond acceptors (Lipinski definition) is 5. The predicted octanol–water partition coefficient (Wildman–Crippen LogP) is 3.36. The molecule has 0 spiro atoms. The van der Waals surface area contributed by atoms with Crippen LogP contribution in [-0.2, 0) is 6.61 Å². The van der Waals surface area contributed by atoms with Gasteiger partial charge in [-0.05, 0) is 19.1 Å². The van der Waals surface area contributed by atoms with Crippen molar-refractivity contribution in [3.05, 3.63) is 39.6 Å². The zero-order valence-electron chi connectivity index (χ0n) is 11.2. The first-order valence-corrected chi connectivity index (χ1v) is 6.98. The number of thiazole rings is 1. The lowest BCUT2D eigenvalue weighted by atomic mass is 10.2.